The van der Waals surface area contributed by atoms with Gasteiger partial charge in [-0.1, -0.05) is 48.5 Å². The Balaban J connectivity index is 2.08. The van der Waals surface area contributed by atoms with Crippen molar-refractivity contribution >= 4 is 29.1 Å². The van der Waals surface area contributed by atoms with E-state index in [4.69, 9.17) is 17.0 Å². The van der Waals surface area contributed by atoms with Crippen LogP contribution in [0, 0.1) is 0 Å². The Hall–Kier alpha value is -1.93. The van der Waals surface area contributed by atoms with Gasteiger partial charge in [-0.05, 0) is 29.9 Å². The van der Waals surface area contributed by atoms with Crippen LogP contribution < -0.4 is 0 Å². The minimum absolute atomic E-state index is 0.558. The maximum absolute atomic E-state index is 5.63. The monoisotopic (exact) mass is 238 g/mol. The van der Waals surface area contributed by atoms with Gasteiger partial charge in [-0.15, -0.1) is 0 Å². The predicted octanol–water partition coefficient (Wildman–Crippen LogP) is 3.89. The molecule has 0 aliphatic carbocycles. The van der Waals surface area contributed by atoms with Gasteiger partial charge in [0.2, 0.25) is 0 Å². The van der Waals surface area contributed by atoms with Crippen molar-refractivity contribution in [1.29, 1.82) is 0 Å². The fourth-order valence-corrected chi connectivity index (χ4v) is 2.16. The fourth-order valence-electron chi connectivity index (χ4n) is 1.89. The number of hydrogen-bond acceptors (Lipinski definition) is 2. The Labute approximate surface area is 105 Å². The highest BCUT2D eigenvalue weighted by Crippen LogP contribution is 2.31. The lowest BCUT2D eigenvalue weighted by Gasteiger charge is -1.99. The second-order valence-electron chi connectivity index (χ2n) is 3.85. The van der Waals surface area contributed by atoms with Gasteiger partial charge in [-0.25, -0.2) is 0 Å². The fraction of sp³-hybridized carbons (Fsp3) is 0. The first-order chi connectivity index (χ1) is 8.34. The summed E-state index contributed by atoms with van der Waals surface area (Å²) in [5.74, 6) is 0.830. The molecule has 17 heavy (non-hydrogen) atoms. The smallest absolute Gasteiger partial charge is 0.198 e. The van der Waals surface area contributed by atoms with Crippen LogP contribution in [0.15, 0.2) is 54.6 Å². The van der Waals surface area contributed by atoms with E-state index in [0.29, 0.717) is 5.05 Å². The van der Waals surface area contributed by atoms with Gasteiger partial charge in [0.05, 0.1) is 0 Å². The van der Waals surface area contributed by atoms with Crippen LogP contribution >= 0.6 is 12.2 Å². The van der Waals surface area contributed by atoms with Crippen LogP contribution in [0.25, 0.3) is 11.8 Å². The second-order valence-corrected chi connectivity index (χ2v) is 4.23. The molecule has 82 valence electrons. The molecule has 1 heterocycles. The van der Waals surface area contributed by atoms with Crippen molar-refractivity contribution in [1.82, 2.24) is 0 Å². The van der Waals surface area contributed by atoms with Gasteiger partial charge in [0.1, 0.15) is 5.76 Å². The average Bonchev–Trinajstić information content (AvgIpc) is 2.69. The highest BCUT2D eigenvalue weighted by atomic mass is 32.1. The molecule has 1 nitrogen and oxygen atoms in total. The van der Waals surface area contributed by atoms with Gasteiger partial charge in [0.25, 0.3) is 0 Å². The highest BCUT2D eigenvalue weighted by molar-refractivity contribution is 7.80. The topological polar surface area (TPSA) is 9.23 Å². The molecule has 2 aromatic carbocycles. The predicted molar refractivity (Wildman–Crippen MR) is 73.5 cm³/mol. The van der Waals surface area contributed by atoms with Crippen molar-refractivity contribution in [3.63, 3.8) is 0 Å². The zero-order valence-corrected chi connectivity index (χ0v) is 9.91. The van der Waals surface area contributed by atoms with Crippen LogP contribution in [-0.4, -0.2) is 5.05 Å². The van der Waals surface area contributed by atoms with Crippen molar-refractivity contribution in [2.24, 2.45) is 0 Å². The summed E-state index contributed by atoms with van der Waals surface area (Å²) in [6, 6.07) is 18.1. The number of rotatable bonds is 1. The summed E-state index contributed by atoms with van der Waals surface area (Å²) in [6.45, 7) is 0. The standard InChI is InChI=1S/C15H10OS/c17-15-13-9-5-4-8-12(13)14(16-15)10-11-6-2-1-3-7-11/h1-10H. The van der Waals surface area contributed by atoms with E-state index in [1.165, 1.54) is 0 Å². The SMILES string of the molecule is S=C1OC(=Cc2ccccc2)c2ccccc21. The van der Waals surface area contributed by atoms with Crippen LogP contribution in [-0.2, 0) is 4.74 Å². The van der Waals surface area contributed by atoms with Crippen molar-refractivity contribution in [3.05, 3.63) is 71.3 Å². The van der Waals surface area contributed by atoms with Crippen LogP contribution in [0.5, 0.6) is 0 Å². The summed E-state index contributed by atoms with van der Waals surface area (Å²) in [5.41, 5.74) is 3.19. The Morgan fingerprint density at radius 2 is 1.47 bits per heavy atom. The first-order valence-corrected chi connectivity index (χ1v) is 5.84. The third kappa shape index (κ3) is 1.87. The van der Waals surface area contributed by atoms with Gasteiger partial charge in [-0.3, -0.25) is 0 Å². The first kappa shape index (κ1) is 10.2. The summed E-state index contributed by atoms with van der Waals surface area (Å²) in [5, 5.41) is 0.558. The molecule has 0 saturated heterocycles. The Bertz CT molecular complexity index is 599. The Kier molecular flexibility index (Phi) is 2.50. The van der Waals surface area contributed by atoms with Gasteiger partial charge in [0.15, 0.2) is 5.05 Å². The van der Waals surface area contributed by atoms with Crippen molar-refractivity contribution in [3.8, 4) is 0 Å². The molecule has 0 aromatic heterocycles. The molecule has 2 heteroatoms. The van der Waals surface area contributed by atoms with Crippen LogP contribution in [0.2, 0.25) is 0 Å². The van der Waals surface area contributed by atoms with Gasteiger partial charge in [0, 0.05) is 11.1 Å². The molecule has 0 amide bonds. The van der Waals surface area contributed by atoms with E-state index in [0.717, 1.165) is 22.4 Å². The minimum atomic E-state index is 0.558. The quantitative estimate of drug-likeness (QED) is 0.697. The van der Waals surface area contributed by atoms with Crippen LogP contribution in [0.1, 0.15) is 16.7 Å². The van der Waals surface area contributed by atoms with Gasteiger partial charge in [-0.2, -0.15) is 0 Å². The molecule has 0 radical (unpaired) electrons. The summed E-state index contributed by atoms with van der Waals surface area (Å²) in [6.07, 6.45) is 2.01. The van der Waals surface area contributed by atoms with Crippen LogP contribution in [0.4, 0.5) is 0 Å². The Morgan fingerprint density at radius 3 is 2.24 bits per heavy atom. The largest absolute Gasteiger partial charge is 0.445 e. The number of thiocarbonyl (C=S) groups is 1. The summed E-state index contributed by atoms with van der Waals surface area (Å²) < 4.78 is 5.63. The summed E-state index contributed by atoms with van der Waals surface area (Å²) in [7, 11) is 0. The average molecular weight is 238 g/mol. The van der Waals surface area contributed by atoms with E-state index < -0.39 is 0 Å². The normalized spacial score (nSPS) is 15.8. The van der Waals surface area contributed by atoms with E-state index in [2.05, 4.69) is 0 Å². The number of ether oxygens (including phenoxy) is 1. The highest BCUT2D eigenvalue weighted by Gasteiger charge is 2.21. The molecule has 0 N–H and O–H groups in total. The lowest BCUT2D eigenvalue weighted by atomic mass is 10.1. The molecule has 1 aliphatic rings. The summed E-state index contributed by atoms with van der Waals surface area (Å²) >= 11 is 5.20. The van der Waals surface area contributed by atoms with Crippen molar-refractivity contribution in [2.75, 3.05) is 0 Å². The molecule has 0 spiro atoms. The molecule has 3 rings (SSSR count). The number of fused-ring (bicyclic) bond motifs is 1. The molecular weight excluding hydrogens is 228 g/mol. The van der Waals surface area contributed by atoms with E-state index in [-0.39, 0.29) is 0 Å². The number of hydrogen-bond donors (Lipinski definition) is 0. The third-order valence-corrected chi connectivity index (χ3v) is 3.02. The van der Waals surface area contributed by atoms with Gasteiger partial charge < -0.3 is 4.74 Å². The molecule has 0 fully saturated rings. The molecule has 2 aromatic rings. The molecule has 0 saturated carbocycles. The second kappa shape index (κ2) is 4.15. The van der Waals surface area contributed by atoms with E-state index in [1.54, 1.807) is 0 Å². The van der Waals surface area contributed by atoms with Crippen molar-refractivity contribution < 1.29 is 4.74 Å². The lowest BCUT2D eigenvalue weighted by Crippen LogP contribution is -1.89. The number of benzene rings is 2. The van der Waals surface area contributed by atoms with E-state index >= 15 is 0 Å². The minimum Gasteiger partial charge on any atom is -0.445 e. The third-order valence-electron chi connectivity index (χ3n) is 2.71. The lowest BCUT2D eigenvalue weighted by molar-refractivity contribution is 0.542. The zero-order valence-electron chi connectivity index (χ0n) is 9.09. The molecule has 1 aliphatic heterocycles. The molecule has 0 bridgehead atoms. The van der Waals surface area contributed by atoms with Crippen molar-refractivity contribution in [2.45, 2.75) is 0 Å². The molecule has 0 atom stereocenters. The maximum Gasteiger partial charge on any atom is 0.198 e. The Morgan fingerprint density at radius 1 is 0.824 bits per heavy atom. The zero-order chi connectivity index (χ0) is 11.7. The molecular formula is C15H10OS. The first-order valence-electron chi connectivity index (χ1n) is 5.43. The molecule has 0 unspecified atom stereocenters. The maximum atomic E-state index is 5.63. The van der Waals surface area contributed by atoms with Crippen LogP contribution in [0.3, 0.4) is 0 Å². The summed E-state index contributed by atoms with van der Waals surface area (Å²) in [4.78, 5) is 0. The van der Waals surface area contributed by atoms with E-state index in [1.807, 2.05) is 60.7 Å². The van der Waals surface area contributed by atoms with Gasteiger partial charge >= 0.3 is 0 Å². The van der Waals surface area contributed by atoms with E-state index in [9.17, 15) is 0 Å².